The topological polar surface area (TPSA) is 74.7 Å². The van der Waals surface area contributed by atoms with E-state index < -0.39 is 0 Å². The van der Waals surface area contributed by atoms with E-state index in [1.54, 1.807) is 36.6 Å². The van der Waals surface area contributed by atoms with Crippen molar-refractivity contribution in [3.05, 3.63) is 53.6 Å². The van der Waals surface area contributed by atoms with Crippen LogP contribution in [0.15, 0.2) is 45.4 Å². The number of oxazole rings is 1. The number of carbonyl (C=O) groups is 1. The van der Waals surface area contributed by atoms with Gasteiger partial charge in [0.2, 0.25) is 0 Å². The van der Waals surface area contributed by atoms with Gasteiger partial charge in [0.05, 0.1) is 13.4 Å². The number of benzene rings is 1. The van der Waals surface area contributed by atoms with Crippen LogP contribution in [0.25, 0.3) is 11.7 Å². The average molecular weight is 313 g/mol. The summed E-state index contributed by atoms with van der Waals surface area (Å²) in [5, 5.41) is 0. The van der Waals surface area contributed by atoms with E-state index in [2.05, 4.69) is 4.98 Å². The Balaban J connectivity index is 1.77. The third-order valence-electron chi connectivity index (χ3n) is 3.31. The highest BCUT2D eigenvalue weighted by Gasteiger charge is 2.15. The quantitative estimate of drug-likeness (QED) is 0.647. The van der Waals surface area contributed by atoms with E-state index in [9.17, 15) is 4.79 Å². The summed E-state index contributed by atoms with van der Waals surface area (Å²) in [6.07, 6.45) is 2.31. The molecule has 2 heterocycles. The lowest BCUT2D eigenvalue weighted by Crippen LogP contribution is -2.00. The Morgan fingerprint density at radius 2 is 2.13 bits per heavy atom. The van der Waals surface area contributed by atoms with Crippen LogP contribution in [0.5, 0.6) is 11.5 Å². The molecule has 6 heteroatoms. The average Bonchev–Trinajstić information content (AvgIpc) is 3.22. The second kappa shape index (κ2) is 6.39. The summed E-state index contributed by atoms with van der Waals surface area (Å²) in [4.78, 5) is 15.2. The Labute approximate surface area is 132 Å². The summed E-state index contributed by atoms with van der Waals surface area (Å²) < 4.78 is 21.8. The molecule has 0 aliphatic rings. The lowest BCUT2D eigenvalue weighted by Gasteiger charge is -2.10. The number of nitrogens with zero attached hydrogens (tertiary/aromatic N) is 1. The minimum absolute atomic E-state index is 0.215. The number of aryl methyl sites for hydroxylation is 1. The summed E-state index contributed by atoms with van der Waals surface area (Å²) in [5.74, 6) is 2.64. The van der Waals surface area contributed by atoms with Gasteiger partial charge >= 0.3 is 0 Å². The molecule has 3 aromatic rings. The Morgan fingerprint density at radius 3 is 2.83 bits per heavy atom. The van der Waals surface area contributed by atoms with Gasteiger partial charge in [-0.2, -0.15) is 0 Å². The number of aromatic nitrogens is 1. The molecule has 1 aromatic carbocycles. The minimum Gasteiger partial charge on any atom is -0.493 e. The van der Waals surface area contributed by atoms with E-state index in [-0.39, 0.29) is 6.61 Å². The van der Waals surface area contributed by atoms with Crippen LogP contribution < -0.4 is 9.47 Å². The van der Waals surface area contributed by atoms with E-state index >= 15 is 0 Å². The predicted octanol–water partition coefficient (Wildman–Crippen LogP) is 3.64. The van der Waals surface area contributed by atoms with E-state index in [1.165, 1.54) is 7.11 Å². The summed E-state index contributed by atoms with van der Waals surface area (Å²) >= 11 is 0. The molecule has 0 atom stereocenters. The summed E-state index contributed by atoms with van der Waals surface area (Å²) in [7, 11) is 1.52. The Hall–Kier alpha value is -3.02. The molecule has 6 nitrogen and oxygen atoms in total. The van der Waals surface area contributed by atoms with Crippen molar-refractivity contribution in [2.75, 3.05) is 7.11 Å². The van der Waals surface area contributed by atoms with E-state index in [0.29, 0.717) is 40.2 Å². The second-order valence-electron chi connectivity index (χ2n) is 4.82. The van der Waals surface area contributed by atoms with Crippen molar-refractivity contribution in [2.24, 2.45) is 0 Å². The van der Waals surface area contributed by atoms with Crippen LogP contribution in [-0.2, 0) is 6.61 Å². The predicted molar refractivity (Wildman–Crippen MR) is 81.7 cm³/mol. The first kappa shape index (κ1) is 14.9. The van der Waals surface area contributed by atoms with Crippen molar-refractivity contribution in [2.45, 2.75) is 13.5 Å². The van der Waals surface area contributed by atoms with Crippen LogP contribution in [0.3, 0.4) is 0 Å². The molecular formula is C17H15NO5. The zero-order chi connectivity index (χ0) is 16.2. The van der Waals surface area contributed by atoms with Crippen molar-refractivity contribution < 1.29 is 23.1 Å². The number of methoxy groups -OCH3 is 1. The standard InChI is InChI=1S/C17H15NO5/c1-11-13(18-17(23-11)15-4-3-7-21-15)10-22-14-6-5-12(9-19)8-16(14)20-2/h3-9H,10H2,1-2H3. The molecule has 0 radical (unpaired) electrons. The SMILES string of the molecule is COc1cc(C=O)ccc1OCc1nc(-c2ccco2)oc1C. The van der Waals surface area contributed by atoms with E-state index in [0.717, 1.165) is 6.29 Å². The number of hydrogen-bond donors (Lipinski definition) is 0. The molecule has 2 aromatic heterocycles. The van der Waals surface area contributed by atoms with Gasteiger partial charge in [-0.1, -0.05) is 0 Å². The molecule has 0 spiro atoms. The van der Waals surface area contributed by atoms with Gasteiger partial charge in [-0.15, -0.1) is 0 Å². The molecule has 118 valence electrons. The largest absolute Gasteiger partial charge is 0.493 e. The zero-order valence-electron chi connectivity index (χ0n) is 12.7. The molecule has 0 saturated heterocycles. The maximum atomic E-state index is 10.8. The van der Waals surface area contributed by atoms with Crippen LogP contribution in [0.1, 0.15) is 21.8 Å². The third-order valence-corrected chi connectivity index (χ3v) is 3.31. The van der Waals surface area contributed by atoms with Crippen LogP contribution >= 0.6 is 0 Å². The number of aldehydes is 1. The number of furan rings is 1. The fraction of sp³-hybridized carbons (Fsp3) is 0.176. The lowest BCUT2D eigenvalue weighted by molar-refractivity contribution is 0.112. The summed E-state index contributed by atoms with van der Waals surface area (Å²) in [5.41, 5.74) is 1.19. The highest BCUT2D eigenvalue weighted by atomic mass is 16.5. The second-order valence-corrected chi connectivity index (χ2v) is 4.82. The molecule has 0 bridgehead atoms. The number of rotatable bonds is 6. The molecule has 0 amide bonds. The zero-order valence-corrected chi connectivity index (χ0v) is 12.7. The normalized spacial score (nSPS) is 10.5. The highest BCUT2D eigenvalue weighted by molar-refractivity contribution is 5.76. The number of carbonyl (C=O) groups excluding carboxylic acids is 1. The molecule has 0 saturated carbocycles. The maximum absolute atomic E-state index is 10.8. The van der Waals surface area contributed by atoms with Crippen molar-refractivity contribution in [1.82, 2.24) is 4.98 Å². The smallest absolute Gasteiger partial charge is 0.263 e. The molecule has 0 N–H and O–H groups in total. The molecular weight excluding hydrogens is 298 g/mol. The van der Waals surface area contributed by atoms with Gasteiger partial charge in [0.15, 0.2) is 17.3 Å². The first-order valence-corrected chi connectivity index (χ1v) is 6.97. The van der Waals surface area contributed by atoms with Gasteiger partial charge in [-0.05, 0) is 37.3 Å². The number of ether oxygens (including phenoxy) is 2. The maximum Gasteiger partial charge on any atom is 0.263 e. The van der Waals surface area contributed by atoms with Gasteiger partial charge in [0.25, 0.3) is 5.89 Å². The van der Waals surface area contributed by atoms with Crippen LogP contribution in [0, 0.1) is 6.92 Å². The van der Waals surface area contributed by atoms with Gasteiger partial charge in [0, 0.05) is 5.56 Å². The van der Waals surface area contributed by atoms with E-state index in [4.69, 9.17) is 18.3 Å². The third kappa shape index (κ3) is 3.11. The Bertz CT molecular complexity index is 805. The monoisotopic (exact) mass is 313 g/mol. The fourth-order valence-electron chi connectivity index (χ4n) is 2.09. The first-order valence-electron chi connectivity index (χ1n) is 6.97. The van der Waals surface area contributed by atoms with Crippen LogP contribution in [0.4, 0.5) is 0 Å². The Kier molecular flexibility index (Phi) is 4.14. The van der Waals surface area contributed by atoms with Crippen molar-refractivity contribution in [3.8, 4) is 23.1 Å². The molecule has 23 heavy (non-hydrogen) atoms. The first-order chi connectivity index (χ1) is 11.2. The van der Waals surface area contributed by atoms with Crippen molar-refractivity contribution >= 4 is 6.29 Å². The van der Waals surface area contributed by atoms with Crippen LogP contribution in [0.2, 0.25) is 0 Å². The molecule has 0 aliphatic carbocycles. The van der Waals surface area contributed by atoms with Crippen LogP contribution in [-0.4, -0.2) is 18.4 Å². The van der Waals surface area contributed by atoms with Gasteiger partial charge in [-0.25, -0.2) is 4.98 Å². The van der Waals surface area contributed by atoms with Crippen molar-refractivity contribution in [3.63, 3.8) is 0 Å². The molecule has 0 unspecified atom stereocenters. The lowest BCUT2D eigenvalue weighted by atomic mass is 10.2. The molecule has 0 aliphatic heterocycles. The fourth-order valence-corrected chi connectivity index (χ4v) is 2.09. The summed E-state index contributed by atoms with van der Waals surface area (Å²) in [6, 6.07) is 8.51. The van der Waals surface area contributed by atoms with Gasteiger partial charge in [0.1, 0.15) is 24.3 Å². The number of hydrogen-bond acceptors (Lipinski definition) is 6. The van der Waals surface area contributed by atoms with Gasteiger partial charge in [-0.3, -0.25) is 4.79 Å². The minimum atomic E-state index is 0.215. The summed E-state index contributed by atoms with van der Waals surface area (Å²) in [6.45, 7) is 2.03. The van der Waals surface area contributed by atoms with Crippen molar-refractivity contribution in [1.29, 1.82) is 0 Å². The Morgan fingerprint density at radius 1 is 1.26 bits per heavy atom. The molecule has 0 fully saturated rings. The highest BCUT2D eigenvalue weighted by Crippen LogP contribution is 2.29. The van der Waals surface area contributed by atoms with Gasteiger partial charge < -0.3 is 18.3 Å². The van der Waals surface area contributed by atoms with E-state index in [1.807, 2.05) is 6.92 Å². The molecule has 3 rings (SSSR count).